The van der Waals surface area contributed by atoms with Gasteiger partial charge in [0, 0.05) is 18.7 Å². The fourth-order valence-electron chi connectivity index (χ4n) is 2.01. The van der Waals surface area contributed by atoms with Gasteiger partial charge in [-0.25, -0.2) is 0 Å². The molecule has 1 amide bonds. The van der Waals surface area contributed by atoms with E-state index in [1.165, 1.54) is 0 Å². The van der Waals surface area contributed by atoms with E-state index in [4.69, 9.17) is 16.1 Å². The van der Waals surface area contributed by atoms with E-state index < -0.39 is 0 Å². The zero-order valence-corrected chi connectivity index (χ0v) is 12.8. The fraction of sp³-hybridized carbons (Fsp3) is 0.333. The molecule has 6 heteroatoms. The van der Waals surface area contributed by atoms with E-state index in [1.54, 1.807) is 13.0 Å². The first kappa shape index (κ1) is 15.5. The Kier molecular flexibility index (Phi) is 5.36. The molecule has 1 heterocycles. The van der Waals surface area contributed by atoms with Gasteiger partial charge < -0.3 is 15.2 Å². The lowest BCUT2D eigenvalue weighted by atomic mass is 10.1. The molecule has 1 aromatic carbocycles. The van der Waals surface area contributed by atoms with Crippen molar-refractivity contribution in [3.05, 3.63) is 40.6 Å². The Hall–Kier alpha value is -1.85. The SMILES string of the molecule is CCNCCNC(=O)c1c(-c2ccccc2Cl)noc1C. The molecule has 112 valence electrons. The zero-order valence-electron chi connectivity index (χ0n) is 12.1. The summed E-state index contributed by atoms with van der Waals surface area (Å²) < 4.78 is 5.17. The van der Waals surface area contributed by atoms with Gasteiger partial charge in [0.05, 0.1) is 5.02 Å². The highest BCUT2D eigenvalue weighted by atomic mass is 35.5. The number of hydrogen-bond donors (Lipinski definition) is 2. The van der Waals surface area contributed by atoms with Crippen molar-refractivity contribution < 1.29 is 9.32 Å². The average molecular weight is 308 g/mol. The van der Waals surface area contributed by atoms with Crippen LogP contribution in [0.3, 0.4) is 0 Å². The Bertz CT molecular complexity index is 625. The quantitative estimate of drug-likeness (QED) is 0.805. The maximum atomic E-state index is 12.3. The molecule has 21 heavy (non-hydrogen) atoms. The lowest BCUT2D eigenvalue weighted by molar-refractivity contribution is 0.0953. The van der Waals surface area contributed by atoms with Gasteiger partial charge in [-0.15, -0.1) is 0 Å². The molecular weight excluding hydrogens is 290 g/mol. The van der Waals surface area contributed by atoms with Crippen molar-refractivity contribution in [2.75, 3.05) is 19.6 Å². The van der Waals surface area contributed by atoms with Crippen LogP contribution in [-0.2, 0) is 0 Å². The van der Waals surface area contributed by atoms with Gasteiger partial charge in [0.1, 0.15) is 17.0 Å². The minimum absolute atomic E-state index is 0.207. The highest BCUT2D eigenvalue weighted by Gasteiger charge is 2.22. The normalized spacial score (nSPS) is 10.6. The lowest BCUT2D eigenvalue weighted by Gasteiger charge is -2.06. The summed E-state index contributed by atoms with van der Waals surface area (Å²) in [5, 5.41) is 10.5. The molecule has 5 nitrogen and oxygen atoms in total. The highest BCUT2D eigenvalue weighted by Crippen LogP contribution is 2.30. The molecule has 1 aromatic heterocycles. The summed E-state index contributed by atoms with van der Waals surface area (Å²) in [6.45, 7) is 5.86. The fourth-order valence-corrected chi connectivity index (χ4v) is 2.23. The van der Waals surface area contributed by atoms with Crippen LogP contribution in [-0.4, -0.2) is 30.7 Å². The third-order valence-electron chi connectivity index (χ3n) is 3.06. The van der Waals surface area contributed by atoms with Crippen LogP contribution >= 0.6 is 11.6 Å². The third-order valence-corrected chi connectivity index (χ3v) is 3.39. The summed E-state index contributed by atoms with van der Waals surface area (Å²) in [5.74, 6) is 0.271. The lowest BCUT2D eigenvalue weighted by Crippen LogP contribution is -2.32. The number of carbonyl (C=O) groups is 1. The van der Waals surface area contributed by atoms with E-state index in [0.29, 0.717) is 40.7 Å². The molecule has 2 N–H and O–H groups in total. The second-order valence-electron chi connectivity index (χ2n) is 4.55. The number of likely N-dealkylation sites (N-methyl/N-ethyl adjacent to an activating group) is 1. The van der Waals surface area contributed by atoms with Crippen LogP contribution in [0.4, 0.5) is 0 Å². The van der Waals surface area contributed by atoms with E-state index in [-0.39, 0.29) is 5.91 Å². The number of carbonyl (C=O) groups excluding carboxylic acids is 1. The van der Waals surface area contributed by atoms with E-state index in [1.807, 2.05) is 25.1 Å². The van der Waals surface area contributed by atoms with Crippen molar-refractivity contribution >= 4 is 17.5 Å². The van der Waals surface area contributed by atoms with E-state index in [9.17, 15) is 4.79 Å². The second kappa shape index (κ2) is 7.24. The number of nitrogens with one attached hydrogen (secondary N) is 2. The van der Waals surface area contributed by atoms with E-state index >= 15 is 0 Å². The first-order valence-electron chi connectivity index (χ1n) is 6.85. The molecule has 0 aliphatic heterocycles. The number of benzene rings is 1. The predicted octanol–water partition coefficient (Wildman–Crippen LogP) is 2.64. The summed E-state index contributed by atoms with van der Waals surface area (Å²) >= 11 is 6.17. The maximum Gasteiger partial charge on any atom is 0.257 e. The molecule has 0 atom stereocenters. The van der Waals surface area contributed by atoms with Crippen molar-refractivity contribution in [2.45, 2.75) is 13.8 Å². The summed E-state index contributed by atoms with van der Waals surface area (Å²) in [5.41, 5.74) is 1.59. The van der Waals surface area contributed by atoms with Crippen LogP contribution in [0.2, 0.25) is 5.02 Å². The Balaban J connectivity index is 2.22. The molecule has 2 rings (SSSR count). The molecule has 0 aliphatic rings. The third kappa shape index (κ3) is 3.62. The van der Waals surface area contributed by atoms with Gasteiger partial charge in [0.15, 0.2) is 0 Å². The molecule has 0 saturated heterocycles. The zero-order chi connectivity index (χ0) is 15.2. The summed E-state index contributed by atoms with van der Waals surface area (Å²) in [6, 6.07) is 7.25. The molecule has 2 aromatic rings. The molecule has 0 unspecified atom stereocenters. The number of halogens is 1. The van der Waals surface area contributed by atoms with Crippen LogP contribution in [0.1, 0.15) is 23.0 Å². The Morgan fingerprint density at radius 1 is 1.33 bits per heavy atom. The minimum Gasteiger partial charge on any atom is -0.360 e. The maximum absolute atomic E-state index is 12.3. The molecule has 0 fully saturated rings. The van der Waals surface area contributed by atoms with Crippen LogP contribution in [0.15, 0.2) is 28.8 Å². The van der Waals surface area contributed by atoms with Gasteiger partial charge in [-0.3, -0.25) is 4.79 Å². The molecule has 0 bridgehead atoms. The van der Waals surface area contributed by atoms with E-state index in [2.05, 4.69) is 15.8 Å². The smallest absolute Gasteiger partial charge is 0.257 e. The van der Waals surface area contributed by atoms with Crippen LogP contribution in [0, 0.1) is 6.92 Å². The summed E-state index contributed by atoms with van der Waals surface area (Å²) in [4.78, 5) is 12.3. The minimum atomic E-state index is -0.207. The second-order valence-corrected chi connectivity index (χ2v) is 4.96. The van der Waals surface area contributed by atoms with Gasteiger partial charge in [-0.05, 0) is 19.5 Å². The predicted molar refractivity (Wildman–Crippen MR) is 82.6 cm³/mol. The van der Waals surface area contributed by atoms with Crippen molar-refractivity contribution in [2.24, 2.45) is 0 Å². The topological polar surface area (TPSA) is 67.2 Å². The van der Waals surface area contributed by atoms with Gasteiger partial charge in [-0.1, -0.05) is 41.9 Å². The summed E-state index contributed by atoms with van der Waals surface area (Å²) in [6.07, 6.45) is 0. The van der Waals surface area contributed by atoms with Crippen molar-refractivity contribution in [3.63, 3.8) is 0 Å². The van der Waals surface area contributed by atoms with Crippen molar-refractivity contribution in [1.82, 2.24) is 15.8 Å². The van der Waals surface area contributed by atoms with Gasteiger partial charge in [0.25, 0.3) is 5.91 Å². The van der Waals surface area contributed by atoms with Gasteiger partial charge in [-0.2, -0.15) is 0 Å². The first-order valence-corrected chi connectivity index (χ1v) is 7.23. The van der Waals surface area contributed by atoms with Crippen molar-refractivity contribution in [1.29, 1.82) is 0 Å². The van der Waals surface area contributed by atoms with Crippen molar-refractivity contribution in [3.8, 4) is 11.3 Å². The summed E-state index contributed by atoms with van der Waals surface area (Å²) in [7, 11) is 0. The van der Waals surface area contributed by atoms with Gasteiger partial charge >= 0.3 is 0 Å². The number of aromatic nitrogens is 1. The Morgan fingerprint density at radius 3 is 2.81 bits per heavy atom. The van der Waals surface area contributed by atoms with Crippen LogP contribution < -0.4 is 10.6 Å². The highest BCUT2D eigenvalue weighted by molar-refractivity contribution is 6.33. The van der Waals surface area contributed by atoms with E-state index in [0.717, 1.165) is 6.54 Å². The first-order chi connectivity index (χ1) is 10.1. The Labute approximate surface area is 128 Å². The monoisotopic (exact) mass is 307 g/mol. The Morgan fingerprint density at radius 2 is 2.10 bits per heavy atom. The standard InChI is InChI=1S/C15H18ClN3O2/c1-3-17-8-9-18-15(20)13-10(2)21-19-14(13)11-6-4-5-7-12(11)16/h4-7,17H,3,8-9H2,1-2H3,(H,18,20). The number of hydrogen-bond acceptors (Lipinski definition) is 4. The largest absolute Gasteiger partial charge is 0.360 e. The molecule has 0 spiro atoms. The number of rotatable bonds is 6. The van der Waals surface area contributed by atoms with Gasteiger partial charge in [0.2, 0.25) is 0 Å². The average Bonchev–Trinajstić information content (AvgIpc) is 2.85. The molecule has 0 radical (unpaired) electrons. The number of aryl methyl sites for hydroxylation is 1. The molecule has 0 aliphatic carbocycles. The molecular formula is C15H18ClN3O2. The molecule has 0 saturated carbocycles. The number of amides is 1. The van der Waals surface area contributed by atoms with Crippen LogP contribution in [0.5, 0.6) is 0 Å². The number of nitrogens with zero attached hydrogens (tertiary/aromatic N) is 1. The van der Waals surface area contributed by atoms with Crippen LogP contribution in [0.25, 0.3) is 11.3 Å².